The van der Waals surface area contributed by atoms with Crippen LogP contribution in [0.15, 0.2) is 0 Å². The van der Waals surface area contributed by atoms with Crippen LogP contribution in [-0.2, 0) is 0 Å². The molecule has 0 aromatic rings. The van der Waals surface area contributed by atoms with Crippen LogP contribution >= 0.6 is 0 Å². The molecule has 0 aliphatic rings. The summed E-state index contributed by atoms with van der Waals surface area (Å²) in [6, 6.07) is 0. The second-order valence-corrected chi connectivity index (χ2v) is 3.68. The molecular weight excluding hydrogens is 154 g/mol. The molecule has 74 valence electrons. The molecule has 0 aliphatic carbocycles. The lowest BCUT2D eigenvalue weighted by atomic mass is 9.94. The predicted molar refractivity (Wildman–Crippen MR) is 50.1 cm³/mol. The van der Waals surface area contributed by atoms with E-state index in [0.29, 0.717) is 6.54 Å². The second-order valence-electron chi connectivity index (χ2n) is 3.68. The SMILES string of the molecule is CCCC(O)C(C)(C)NCCO. The third-order valence-corrected chi connectivity index (χ3v) is 2.09. The van der Waals surface area contributed by atoms with Gasteiger partial charge in [-0.2, -0.15) is 0 Å². The Morgan fingerprint density at radius 1 is 1.42 bits per heavy atom. The van der Waals surface area contributed by atoms with Crippen molar-refractivity contribution in [1.29, 1.82) is 0 Å². The number of aliphatic hydroxyl groups excluding tert-OH is 2. The highest BCUT2D eigenvalue weighted by Gasteiger charge is 2.25. The minimum Gasteiger partial charge on any atom is -0.395 e. The van der Waals surface area contributed by atoms with Crippen LogP contribution in [-0.4, -0.2) is 35.0 Å². The molecular formula is C9H21NO2. The van der Waals surface area contributed by atoms with Gasteiger partial charge in [0.25, 0.3) is 0 Å². The molecule has 0 heterocycles. The van der Waals surface area contributed by atoms with Gasteiger partial charge in [0.2, 0.25) is 0 Å². The first-order chi connectivity index (χ1) is 5.54. The van der Waals surface area contributed by atoms with Gasteiger partial charge in [0.15, 0.2) is 0 Å². The summed E-state index contributed by atoms with van der Waals surface area (Å²) in [6.45, 7) is 6.59. The lowest BCUT2D eigenvalue weighted by molar-refractivity contribution is 0.0691. The zero-order valence-electron chi connectivity index (χ0n) is 8.30. The Morgan fingerprint density at radius 2 is 2.00 bits per heavy atom. The van der Waals surface area contributed by atoms with E-state index in [1.807, 2.05) is 20.8 Å². The highest BCUT2D eigenvalue weighted by atomic mass is 16.3. The summed E-state index contributed by atoms with van der Waals surface area (Å²) in [5.41, 5.74) is -0.293. The van der Waals surface area contributed by atoms with E-state index in [4.69, 9.17) is 5.11 Å². The topological polar surface area (TPSA) is 52.5 Å². The maximum absolute atomic E-state index is 9.66. The molecule has 0 rings (SSSR count). The van der Waals surface area contributed by atoms with Gasteiger partial charge in [0, 0.05) is 12.1 Å². The molecule has 0 radical (unpaired) electrons. The predicted octanol–water partition coefficient (Wildman–Crippen LogP) is 0.508. The Bertz CT molecular complexity index is 115. The Hall–Kier alpha value is -0.120. The lowest BCUT2D eigenvalue weighted by Crippen LogP contribution is -2.50. The molecule has 3 N–H and O–H groups in total. The van der Waals surface area contributed by atoms with Crippen molar-refractivity contribution >= 4 is 0 Å². The minimum absolute atomic E-state index is 0.113. The van der Waals surface area contributed by atoms with E-state index in [1.165, 1.54) is 0 Å². The van der Waals surface area contributed by atoms with E-state index in [0.717, 1.165) is 12.8 Å². The van der Waals surface area contributed by atoms with Crippen molar-refractivity contribution in [3.05, 3.63) is 0 Å². The number of aliphatic hydroxyl groups is 2. The summed E-state index contributed by atoms with van der Waals surface area (Å²) in [5.74, 6) is 0. The number of β-amino-alcohol motifs (C(OH)–C–C–N with tert-alkyl or cyclic N) is 1. The highest BCUT2D eigenvalue weighted by Crippen LogP contribution is 2.13. The van der Waals surface area contributed by atoms with Gasteiger partial charge >= 0.3 is 0 Å². The molecule has 12 heavy (non-hydrogen) atoms. The second kappa shape index (κ2) is 5.51. The first-order valence-electron chi connectivity index (χ1n) is 4.58. The van der Waals surface area contributed by atoms with E-state index in [2.05, 4.69) is 5.32 Å². The average molecular weight is 175 g/mol. The largest absolute Gasteiger partial charge is 0.395 e. The molecule has 0 aromatic heterocycles. The van der Waals surface area contributed by atoms with Gasteiger partial charge in [-0.1, -0.05) is 13.3 Å². The number of hydrogen-bond donors (Lipinski definition) is 3. The van der Waals surface area contributed by atoms with Gasteiger partial charge in [-0.15, -0.1) is 0 Å². The molecule has 0 fully saturated rings. The van der Waals surface area contributed by atoms with Crippen LogP contribution < -0.4 is 5.32 Å². The summed E-state index contributed by atoms with van der Waals surface area (Å²) in [7, 11) is 0. The molecule has 3 heteroatoms. The van der Waals surface area contributed by atoms with Crippen LogP contribution in [0.5, 0.6) is 0 Å². The van der Waals surface area contributed by atoms with Crippen molar-refractivity contribution in [3.8, 4) is 0 Å². The van der Waals surface area contributed by atoms with Gasteiger partial charge < -0.3 is 15.5 Å². The molecule has 0 bridgehead atoms. The quantitative estimate of drug-likeness (QED) is 0.551. The lowest BCUT2D eigenvalue weighted by Gasteiger charge is -2.31. The monoisotopic (exact) mass is 175 g/mol. The van der Waals surface area contributed by atoms with Gasteiger partial charge in [0.1, 0.15) is 0 Å². The molecule has 1 atom stereocenters. The fraction of sp³-hybridized carbons (Fsp3) is 1.00. The summed E-state index contributed by atoms with van der Waals surface area (Å²) in [4.78, 5) is 0. The average Bonchev–Trinajstić information content (AvgIpc) is 2.01. The van der Waals surface area contributed by atoms with Crippen LogP contribution in [0.2, 0.25) is 0 Å². The molecule has 0 spiro atoms. The van der Waals surface area contributed by atoms with Crippen LogP contribution in [0.3, 0.4) is 0 Å². The van der Waals surface area contributed by atoms with Crippen molar-refractivity contribution in [2.24, 2.45) is 0 Å². The van der Waals surface area contributed by atoms with Crippen molar-refractivity contribution in [1.82, 2.24) is 5.32 Å². The summed E-state index contributed by atoms with van der Waals surface area (Å²) in [5, 5.41) is 21.3. The zero-order chi connectivity index (χ0) is 9.61. The molecule has 0 aliphatic heterocycles. The minimum atomic E-state index is -0.339. The third kappa shape index (κ3) is 4.04. The summed E-state index contributed by atoms with van der Waals surface area (Å²) >= 11 is 0. The van der Waals surface area contributed by atoms with Crippen molar-refractivity contribution in [2.75, 3.05) is 13.2 Å². The van der Waals surface area contributed by atoms with Crippen molar-refractivity contribution in [3.63, 3.8) is 0 Å². The van der Waals surface area contributed by atoms with E-state index in [-0.39, 0.29) is 18.2 Å². The van der Waals surface area contributed by atoms with Crippen LogP contribution in [0.4, 0.5) is 0 Å². The first kappa shape index (κ1) is 11.9. The molecule has 1 unspecified atom stereocenters. The fourth-order valence-corrected chi connectivity index (χ4v) is 1.13. The number of rotatable bonds is 6. The van der Waals surface area contributed by atoms with E-state index in [9.17, 15) is 5.11 Å². The smallest absolute Gasteiger partial charge is 0.0716 e. The first-order valence-corrected chi connectivity index (χ1v) is 4.58. The zero-order valence-corrected chi connectivity index (χ0v) is 8.30. The molecule has 0 saturated carbocycles. The van der Waals surface area contributed by atoms with E-state index in [1.54, 1.807) is 0 Å². The van der Waals surface area contributed by atoms with E-state index < -0.39 is 0 Å². The number of nitrogens with one attached hydrogen (secondary N) is 1. The summed E-state index contributed by atoms with van der Waals surface area (Å²) in [6.07, 6.45) is 1.44. The molecule has 0 aromatic carbocycles. The van der Waals surface area contributed by atoms with Gasteiger partial charge in [-0.3, -0.25) is 0 Å². The van der Waals surface area contributed by atoms with E-state index >= 15 is 0 Å². The van der Waals surface area contributed by atoms with Crippen LogP contribution in [0.1, 0.15) is 33.6 Å². The van der Waals surface area contributed by atoms with Crippen LogP contribution in [0.25, 0.3) is 0 Å². The molecule has 0 saturated heterocycles. The Balaban J connectivity index is 3.81. The Labute approximate surface area is 74.8 Å². The van der Waals surface area contributed by atoms with Gasteiger partial charge in [-0.05, 0) is 20.3 Å². The van der Waals surface area contributed by atoms with Crippen molar-refractivity contribution < 1.29 is 10.2 Å². The normalized spacial score (nSPS) is 14.8. The Kier molecular flexibility index (Phi) is 5.46. The fourth-order valence-electron chi connectivity index (χ4n) is 1.13. The standard InChI is InChI=1S/C9H21NO2/c1-4-5-8(12)9(2,3)10-6-7-11/h8,10-12H,4-7H2,1-3H3. The third-order valence-electron chi connectivity index (χ3n) is 2.09. The number of hydrogen-bond acceptors (Lipinski definition) is 3. The van der Waals surface area contributed by atoms with Crippen LogP contribution in [0, 0.1) is 0 Å². The Morgan fingerprint density at radius 3 is 2.42 bits per heavy atom. The summed E-state index contributed by atoms with van der Waals surface area (Å²) < 4.78 is 0. The van der Waals surface area contributed by atoms with Gasteiger partial charge in [0.05, 0.1) is 12.7 Å². The molecule has 0 amide bonds. The maximum atomic E-state index is 9.66. The molecule has 3 nitrogen and oxygen atoms in total. The van der Waals surface area contributed by atoms with Gasteiger partial charge in [-0.25, -0.2) is 0 Å². The maximum Gasteiger partial charge on any atom is 0.0716 e. The van der Waals surface area contributed by atoms with Crippen molar-refractivity contribution in [2.45, 2.75) is 45.3 Å². The highest BCUT2D eigenvalue weighted by molar-refractivity contribution is 4.85.